The Hall–Kier alpha value is -1.76. The normalized spacial score (nSPS) is 18.5. The second-order valence-corrected chi connectivity index (χ2v) is 6.10. The van der Waals surface area contributed by atoms with E-state index in [0.29, 0.717) is 18.0 Å². The topological polar surface area (TPSA) is 89.4 Å². The molecule has 2 rings (SSSR count). The van der Waals surface area contributed by atoms with Crippen LogP contribution in [0.5, 0.6) is 0 Å². The molecule has 1 saturated heterocycles. The zero-order valence-corrected chi connectivity index (χ0v) is 12.4. The van der Waals surface area contributed by atoms with E-state index in [4.69, 9.17) is 11.5 Å². The molecule has 0 spiro atoms. The Morgan fingerprint density at radius 1 is 1.43 bits per heavy atom. The molecular formula is C14H18FN3O2S. The van der Waals surface area contributed by atoms with Crippen LogP contribution in [0.4, 0.5) is 10.1 Å². The maximum atomic E-state index is 13.3. The number of anilines is 1. The zero-order valence-electron chi connectivity index (χ0n) is 11.5. The van der Waals surface area contributed by atoms with Gasteiger partial charge in [0, 0.05) is 18.0 Å². The molecule has 0 bridgehead atoms. The average molecular weight is 311 g/mol. The van der Waals surface area contributed by atoms with Crippen LogP contribution in [0.3, 0.4) is 0 Å². The lowest BCUT2D eigenvalue weighted by molar-refractivity contribution is -0.132. The summed E-state index contributed by atoms with van der Waals surface area (Å²) >= 11 is 1.25. The molecule has 0 aromatic heterocycles. The fourth-order valence-corrected chi connectivity index (χ4v) is 3.09. The molecule has 1 aromatic carbocycles. The predicted molar refractivity (Wildman–Crippen MR) is 80.0 cm³/mol. The second kappa shape index (κ2) is 6.80. The summed E-state index contributed by atoms with van der Waals surface area (Å²) in [6.45, 7) is 1.02. The van der Waals surface area contributed by atoms with E-state index < -0.39 is 5.82 Å². The monoisotopic (exact) mass is 311 g/mol. The Morgan fingerprint density at radius 3 is 2.86 bits per heavy atom. The van der Waals surface area contributed by atoms with Crippen LogP contribution >= 0.6 is 11.8 Å². The number of carbonyl (C=O) groups is 2. The number of nitrogens with zero attached hydrogens (tertiary/aromatic N) is 1. The highest BCUT2D eigenvalue weighted by molar-refractivity contribution is 8.00. The van der Waals surface area contributed by atoms with Crippen LogP contribution in [0, 0.1) is 11.7 Å². The van der Waals surface area contributed by atoms with Gasteiger partial charge in [0.25, 0.3) is 0 Å². The lowest BCUT2D eigenvalue weighted by Gasteiger charge is -2.31. The maximum Gasteiger partial charge on any atom is 0.232 e. The van der Waals surface area contributed by atoms with E-state index in [1.165, 1.54) is 23.9 Å². The minimum atomic E-state index is -0.487. The Labute approximate surface area is 126 Å². The number of nitrogen functional groups attached to an aromatic ring is 1. The van der Waals surface area contributed by atoms with Crippen molar-refractivity contribution in [2.75, 3.05) is 24.6 Å². The molecule has 1 fully saturated rings. The van der Waals surface area contributed by atoms with Gasteiger partial charge in [-0.25, -0.2) is 4.39 Å². The number of nitrogens with two attached hydrogens (primary N) is 2. The van der Waals surface area contributed by atoms with Crippen molar-refractivity contribution < 1.29 is 14.0 Å². The Morgan fingerprint density at radius 2 is 2.19 bits per heavy atom. The molecule has 0 saturated carbocycles. The molecule has 21 heavy (non-hydrogen) atoms. The first-order valence-electron chi connectivity index (χ1n) is 6.72. The zero-order chi connectivity index (χ0) is 15.4. The Bertz CT molecular complexity index is 553. The molecule has 1 aliphatic rings. The van der Waals surface area contributed by atoms with E-state index in [-0.39, 0.29) is 29.2 Å². The summed E-state index contributed by atoms with van der Waals surface area (Å²) in [5, 5.41) is 0. The van der Waals surface area contributed by atoms with Crippen LogP contribution in [-0.4, -0.2) is 35.6 Å². The quantitative estimate of drug-likeness (QED) is 0.646. The maximum absolute atomic E-state index is 13.3. The fraction of sp³-hybridized carbons (Fsp3) is 0.429. The summed E-state index contributed by atoms with van der Waals surface area (Å²) in [6.07, 6.45) is 1.51. The third-order valence-corrected chi connectivity index (χ3v) is 4.49. The van der Waals surface area contributed by atoms with Gasteiger partial charge in [-0.1, -0.05) is 0 Å². The number of primary amides is 1. The molecule has 0 radical (unpaired) electrons. The van der Waals surface area contributed by atoms with E-state index in [1.807, 2.05) is 0 Å². The minimum absolute atomic E-state index is 0.0665. The summed E-state index contributed by atoms with van der Waals surface area (Å²) in [7, 11) is 0. The molecule has 5 nitrogen and oxygen atoms in total. The Balaban J connectivity index is 1.89. The van der Waals surface area contributed by atoms with Crippen molar-refractivity contribution in [3.8, 4) is 0 Å². The molecule has 4 N–H and O–H groups in total. The standard InChI is InChI=1S/C14H18FN3O2S/c15-11-6-10(3-4-12(11)16)21-8-13(19)18-5-1-2-9(7-18)14(17)20/h3-4,6,9H,1-2,5,7-8,16H2,(H2,17,20). The van der Waals surface area contributed by atoms with Gasteiger partial charge in [0.05, 0.1) is 17.4 Å². The van der Waals surface area contributed by atoms with Gasteiger partial charge in [0.15, 0.2) is 0 Å². The number of hydrogen-bond donors (Lipinski definition) is 2. The van der Waals surface area contributed by atoms with E-state index >= 15 is 0 Å². The third kappa shape index (κ3) is 4.10. The van der Waals surface area contributed by atoms with Crippen molar-refractivity contribution in [2.45, 2.75) is 17.7 Å². The first-order chi connectivity index (χ1) is 9.97. The molecule has 2 amide bonds. The fourth-order valence-electron chi connectivity index (χ4n) is 2.27. The molecule has 114 valence electrons. The van der Waals surface area contributed by atoms with Crippen molar-refractivity contribution in [2.24, 2.45) is 11.7 Å². The Kier molecular flexibility index (Phi) is 5.06. The summed E-state index contributed by atoms with van der Waals surface area (Å²) in [5.41, 5.74) is 10.8. The predicted octanol–water partition coefficient (Wildman–Crippen LogP) is 1.22. The lowest BCUT2D eigenvalue weighted by atomic mass is 9.97. The van der Waals surface area contributed by atoms with E-state index in [0.717, 1.165) is 12.8 Å². The van der Waals surface area contributed by atoms with Gasteiger partial charge in [-0.2, -0.15) is 0 Å². The van der Waals surface area contributed by atoms with Crippen LogP contribution in [0.1, 0.15) is 12.8 Å². The van der Waals surface area contributed by atoms with Gasteiger partial charge in [0.2, 0.25) is 11.8 Å². The van der Waals surface area contributed by atoms with E-state index in [9.17, 15) is 14.0 Å². The van der Waals surface area contributed by atoms with Crippen LogP contribution in [0.25, 0.3) is 0 Å². The van der Waals surface area contributed by atoms with Gasteiger partial charge >= 0.3 is 0 Å². The van der Waals surface area contributed by atoms with E-state index in [2.05, 4.69) is 0 Å². The van der Waals surface area contributed by atoms with Gasteiger partial charge in [-0.05, 0) is 31.0 Å². The largest absolute Gasteiger partial charge is 0.396 e. The molecule has 7 heteroatoms. The average Bonchev–Trinajstić information content (AvgIpc) is 2.48. The molecule has 1 heterocycles. The minimum Gasteiger partial charge on any atom is -0.396 e. The number of likely N-dealkylation sites (tertiary alicyclic amines) is 1. The van der Waals surface area contributed by atoms with Crippen molar-refractivity contribution in [1.82, 2.24) is 4.90 Å². The number of rotatable bonds is 4. The molecule has 1 unspecified atom stereocenters. The van der Waals surface area contributed by atoms with Gasteiger partial charge in [-0.15, -0.1) is 11.8 Å². The molecule has 1 atom stereocenters. The van der Waals surface area contributed by atoms with Crippen molar-refractivity contribution in [3.05, 3.63) is 24.0 Å². The SMILES string of the molecule is NC(=O)C1CCCN(C(=O)CSc2ccc(N)c(F)c2)C1. The highest BCUT2D eigenvalue weighted by Crippen LogP contribution is 2.23. The molecule has 0 aliphatic carbocycles. The number of hydrogen-bond acceptors (Lipinski definition) is 4. The number of thioether (sulfide) groups is 1. The number of amides is 2. The summed E-state index contributed by atoms with van der Waals surface area (Å²) in [6, 6.07) is 4.47. The highest BCUT2D eigenvalue weighted by Gasteiger charge is 2.26. The van der Waals surface area contributed by atoms with Gasteiger partial charge < -0.3 is 16.4 Å². The van der Waals surface area contributed by atoms with Crippen molar-refractivity contribution >= 4 is 29.3 Å². The van der Waals surface area contributed by atoms with Crippen LogP contribution in [0.2, 0.25) is 0 Å². The van der Waals surface area contributed by atoms with Crippen LogP contribution < -0.4 is 11.5 Å². The first-order valence-corrected chi connectivity index (χ1v) is 7.71. The molecule has 1 aromatic rings. The van der Waals surface area contributed by atoms with E-state index in [1.54, 1.807) is 11.0 Å². The van der Waals surface area contributed by atoms with Crippen molar-refractivity contribution in [1.29, 1.82) is 0 Å². The van der Waals surface area contributed by atoms with Crippen LogP contribution in [-0.2, 0) is 9.59 Å². The first kappa shape index (κ1) is 15.6. The number of benzene rings is 1. The smallest absolute Gasteiger partial charge is 0.232 e. The third-order valence-electron chi connectivity index (χ3n) is 3.51. The number of piperidine rings is 1. The number of carbonyl (C=O) groups excluding carboxylic acids is 2. The second-order valence-electron chi connectivity index (χ2n) is 5.05. The molecular weight excluding hydrogens is 293 g/mol. The van der Waals surface area contributed by atoms with Crippen molar-refractivity contribution in [3.63, 3.8) is 0 Å². The highest BCUT2D eigenvalue weighted by atomic mass is 32.2. The number of halogens is 1. The summed E-state index contributed by atoms with van der Waals surface area (Å²) < 4.78 is 13.3. The molecule has 1 aliphatic heterocycles. The van der Waals surface area contributed by atoms with Crippen LogP contribution in [0.15, 0.2) is 23.1 Å². The summed E-state index contributed by atoms with van der Waals surface area (Å²) in [4.78, 5) is 25.6. The lowest BCUT2D eigenvalue weighted by Crippen LogP contribution is -2.44. The van der Waals surface area contributed by atoms with Gasteiger partial charge in [0.1, 0.15) is 5.82 Å². The summed E-state index contributed by atoms with van der Waals surface area (Å²) in [5.74, 6) is -0.973. The van der Waals surface area contributed by atoms with Gasteiger partial charge in [-0.3, -0.25) is 9.59 Å².